The lowest BCUT2D eigenvalue weighted by Gasteiger charge is -2.41. The molecule has 228 valence electrons. The molecule has 3 rings (SSSR count). The van der Waals surface area contributed by atoms with Crippen LogP contribution in [0.3, 0.4) is 0 Å². The molecule has 0 aromatic heterocycles. The summed E-state index contributed by atoms with van der Waals surface area (Å²) in [4.78, 5) is 24.0. The number of ether oxygens (including phenoxy) is 2. The molecule has 1 atom stereocenters. The zero-order valence-corrected chi connectivity index (χ0v) is 25.7. The van der Waals surface area contributed by atoms with Gasteiger partial charge in [-0.05, 0) is 100 Å². The maximum absolute atomic E-state index is 12.0. The highest BCUT2D eigenvalue weighted by Crippen LogP contribution is 2.46. The molecule has 0 bridgehead atoms. The van der Waals surface area contributed by atoms with E-state index in [2.05, 4.69) is 20.1 Å². The number of carbonyl (C=O) groups is 2. The number of esters is 2. The molecule has 5 nitrogen and oxygen atoms in total. The highest BCUT2D eigenvalue weighted by atomic mass is 16.5. The quantitative estimate of drug-likeness (QED) is 0.125. The van der Waals surface area contributed by atoms with E-state index in [0.29, 0.717) is 11.5 Å². The number of carbonyl (C=O) groups excluding carboxylic acids is 2. The first-order valence-electron chi connectivity index (χ1n) is 16.6. The molecular weight excluding hydrogens is 500 g/mol. The van der Waals surface area contributed by atoms with Crippen LogP contribution in [-0.4, -0.2) is 36.9 Å². The minimum atomic E-state index is -0.585. The summed E-state index contributed by atoms with van der Waals surface area (Å²) in [6.07, 6.45) is 23.3. The number of hydrogen-bond acceptors (Lipinski definition) is 5. The van der Waals surface area contributed by atoms with Gasteiger partial charge in [-0.25, -0.2) is 9.59 Å². The van der Waals surface area contributed by atoms with Crippen molar-refractivity contribution >= 4 is 11.9 Å². The molecule has 1 unspecified atom stereocenters. The lowest BCUT2D eigenvalue weighted by Crippen LogP contribution is -2.30. The standard InChI is InChI=1S/C35H58O5/c1-5-6-7-8-27-9-13-30(14-10-27)32-17-19-33(20-18-32)31-15-11-28(12-16-31)21-29(23-39-34(37)25(2)3)24-40-35(38)26(4)22-36/h27-33,36H,2,4-24H2,1,3H3. The molecule has 0 aromatic carbocycles. The van der Waals surface area contributed by atoms with E-state index in [1.165, 1.54) is 103 Å². The van der Waals surface area contributed by atoms with Crippen molar-refractivity contribution in [2.24, 2.45) is 41.4 Å². The molecule has 3 aliphatic rings. The minimum Gasteiger partial charge on any atom is -0.462 e. The van der Waals surface area contributed by atoms with Crippen LogP contribution in [0.2, 0.25) is 0 Å². The third-order valence-electron chi connectivity index (χ3n) is 10.5. The van der Waals surface area contributed by atoms with Crippen LogP contribution >= 0.6 is 0 Å². The molecule has 40 heavy (non-hydrogen) atoms. The molecule has 0 aromatic rings. The minimum absolute atomic E-state index is 0.0444. The SMILES string of the molecule is C=C(C)C(=O)OCC(COC(=O)C(=C)CO)CC1CCC(C2CCC(C3CCC(CCCCC)CC3)CC2)CC1. The number of unbranched alkanes of at least 4 members (excludes halogenated alkanes) is 2. The topological polar surface area (TPSA) is 72.8 Å². The molecule has 0 saturated heterocycles. The molecular formula is C35H58O5. The van der Waals surface area contributed by atoms with E-state index >= 15 is 0 Å². The third kappa shape index (κ3) is 10.7. The molecule has 3 fully saturated rings. The smallest absolute Gasteiger partial charge is 0.335 e. The second-order valence-electron chi connectivity index (χ2n) is 13.6. The third-order valence-corrected chi connectivity index (χ3v) is 10.5. The van der Waals surface area contributed by atoms with Gasteiger partial charge in [-0.2, -0.15) is 0 Å². The van der Waals surface area contributed by atoms with E-state index in [1.807, 2.05) is 0 Å². The Morgan fingerprint density at radius 3 is 1.62 bits per heavy atom. The summed E-state index contributed by atoms with van der Waals surface area (Å²) in [6.45, 7) is 11.1. The monoisotopic (exact) mass is 558 g/mol. The second-order valence-corrected chi connectivity index (χ2v) is 13.6. The van der Waals surface area contributed by atoms with Crippen molar-refractivity contribution in [2.45, 2.75) is 123 Å². The predicted molar refractivity (Wildman–Crippen MR) is 162 cm³/mol. The van der Waals surface area contributed by atoms with Gasteiger partial charge in [0.1, 0.15) is 0 Å². The summed E-state index contributed by atoms with van der Waals surface area (Å²) in [5.41, 5.74) is 0.415. The maximum Gasteiger partial charge on any atom is 0.335 e. The zero-order valence-electron chi connectivity index (χ0n) is 25.7. The van der Waals surface area contributed by atoms with Crippen LogP contribution in [0.1, 0.15) is 123 Å². The molecule has 3 aliphatic carbocycles. The first-order chi connectivity index (χ1) is 19.3. The summed E-state index contributed by atoms with van der Waals surface area (Å²) >= 11 is 0. The van der Waals surface area contributed by atoms with Crippen LogP contribution in [0.4, 0.5) is 0 Å². The fraction of sp³-hybridized carbons (Fsp3) is 0.829. The molecule has 3 saturated carbocycles. The zero-order chi connectivity index (χ0) is 28.9. The summed E-state index contributed by atoms with van der Waals surface area (Å²) in [7, 11) is 0. The van der Waals surface area contributed by atoms with Crippen LogP contribution in [0, 0.1) is 41.4 Å². The van der Waals surface area contributed by atoms with Gasteiger partial charge in [-0.1, -0.05) is 71.4 Å². The van der Waals surface area contributed by atoms with Gasteiger partial charge in [0.2, 0.25) is 0 Å². The number of aliphatic hydroxyl groups excluding tert-OH is 1. The van der Waals surface area contributed by atoms with Crippen molar-refractivity contribution < 1.29 is 24.2 Å². The summed E-state index contributed by atoms with van der Waals surface area (Å²) in [5, 5.41) is 9.14. The van der Waals surface area contributed by atoms with Crippen LogP contribution in [-0.2, 0) is 19.1 Å². The van der Waals surface area contributed by atoms with Crippen molar-refractivity contribution in [3.8, 4) is 0 Å². The Balaban J connectivity index is 1.38. The Hall–Kier alpha value is -1.62. The molecule has 5 heteroatoms. The number of rotatable bonds is 15. The van der Waals surface area contributed by atoms with E-state index in [9.17, 15) is 9.59 Å². The lowest BCUT2D eigenvalue weighted by atomic mass is 9.64. The van der Waals surface area contributed by atoms with Crippen molar-refractivity contribution in [2.75, 3.05) is 19.8 Å². The highest BCUT2D eigenvalue weighted by Gasteiger charge is 2.35. The van der Waals surface area contributed by atoms with Crippen LogP contribution < -0.4 is 0 Å². The Morgan fingerprint density at radius 2 is 1.18 bits per heavy atom. The number of hydrogen-bond donors (Lipinski definition) is 1. The predicted octanol–water partition coefficient (Wildman–Crippen LogP) is 8.20. The normalized spacial score (nSPS) is 29.8. The fourth-order valence-corrected chi connectivity index (χ4v) is 7.95. The lowest BCUT2D eigenvalue weighted by molar-refractivity contribution is -0.144. The Labute approximate surface area is 244 Å². The van der Waals surface area contributed by atoms with Gasteiger partial charge in [-0.3, -0.25) is 0 Å². The van der Waals surface area contributed by atoms with E-state index in [-0.39, 0.29) is 24.7 Å². The molecule has 1 N–H and O–H groups in total. The average molecular weight is 559 g/mol. The Morgan fingerprint density at radius 1 is 0.725 bits per heavy atom. The van der Waals surface area contributed by atoms with Gasteiger partial charge in [0.05, 0.1) is 25.4 Å². The number of aliphatic hydroxyl groups is 1. The first kappa shape index (κ1) is 32.9. The summed E-state index contributed by atoms with van der Waals surface area (Å²) in [6, 6.07) is 0. The van der Waals surface area contributed by atoms with Crippen molar-refractivity contribution in [1.82, 2.24) is 0 Å². The summed E-state index contributed by atoms with van der Waals surface area (Å²) in [5.74, 6) is 4.27. The van der Waals surface area contributed by atoms with Gasteiger partial charge in [0, 0.05) is 11.5 Å². The van der Waals surface area contributed by atoms with Crippen LogP contribution in [0.5, 0.6) is 0 Å². The fourth-order valence-electron chi connectivity index (χ4n) is 7.95. The van der Waals surface area contributed by atoms with Crippen LogP contribution in [0.25, 0.3) is 0 Å². The van der Waals surface area contributed by atoms with Gasteiger partial charge < -0.3 is 14.6 Å². The molecule has 0 aliphatic heterocycles. The van der Waals surface area contributed by atoms with E-state index < -0.39 is 18.5 Å². The largest absolute Gasteiger partial charge is 0.462 e. The van der Waals surface area contributed by atoms with Crippen molar-refractivity contribution in [3.05, 3.63) is 24.3 Å². The molecule has 0 spiro atoms. The second kappa shape index (κ2) is 17.4. The van der Waals surface area contributed by atoms with Crippen molar-refractivity contribution in [1.29, 1.82) is 0 Å². The van der Waals surface area contributed by atoms with Gasteiger partial charge >= 0.3 is 11.9 Å². The summed E-state index contributed by atoms with van der Waals surface area (Å²) < 4.78 is 10.8. The highest BCUT2D eigenvalue weighted by molar-refractivity contribution is 5.88. The van der Waals surface area contributed by atoms with E-state index in [0.717, 1.165) is 36.0 Å². The average Bonchev–Trinajstić information content (AvgIpc) is 2.98. The maximum atomic E-state index is 12.0. The Bertz CT molecular complexity index is 795. The van der Waals surface area contributed by atoms with Crippen molar-refractivity contribution in [3.63, 3.8) is 0 Å². The molecule has 0 radical (unpaired) electrons. The van der Waals surface area contributed by atoms with Crippen LogP contribution in [0.15, 0.2) is 24.3 Å². The first-order valence-corrected chi connectivity index (χ1v) is 16.6. The molecule has 0 amide bonds. The van der Waals surface area contributed by atoms with Gasteiger partial charge in [0.25, 0.3) is 0 Å². The molecule has 0 heterocycles. The van der Waals surface area contributed by atoms with Gasteiger partial charge in [-0.15, -0.1) is 0 Å². The van der Waals surface area contributed by atoms with Gasteiger partial charge in [0.15, 0.2) is 0 Å². The Kier molecular flexibility index (Phi) is 14.3. The van der Waals surface area contributed by atoms with E-state index in [4.69, 9.17) is 14.6 Å². The van der Waals surface area contributed by atoms with E-state index in [1.54, 1.807) is 6.92 Å².